The van der Waals surface area contributed by atoms with Gasteiger partial charge in [-0.15, -0.1) is 0 Å². The van der Waals surface area contributed by atoms with Crippen LogP contribution in [0.5, 0.6) is 0 Å². The second-order valence-corrected chi connectivity index (χ2v) is 9.80. The van der Waals surface area contributed by atoms with Crippen LogP contribution in [0.25, 0.3) is 0 Å². The fourth-order valence-corrected chi connectivity index (χ4v) is 6.02. The standard InChI is InChI=1S/C20H24Br2N2.C3H9N/c1-12-8-14-2-3-15-10-16(21)11-24-20(15)19(18(14)17(22)9-12)13-4-6-23-7-5-13;1-3-4-2/h8-11,13,19-20,23-24H,2-7H2,1H3;4H,3H2,1-2H3/t19-,20?;/m1./s1. The largest absolute Gasteiger partial charge is 0.383 e. The fraction of sp³-hybridized carbons (Fsp3) is 0.565. The Morgan fingerprint density at radius 1 is 1.14 bits per heavy atom. The van der Waals surface area contributed by atoms with Crippen molar-refractivity contribution >= 4 is 31.9 Å². The molecule has 0 amide bonds. The molecule has 154 valence electrons. The molecular formula is C23H33Br2N3. The van der Waals surface area contributed by atoms with Crippen molar-refractivity contribution in [3.63, 3.8) is 0 Å². The Morgan fingerprint density at radius 3 is 2.54 bits per heavy atom. The molecule has 28 heavy (non-hydrogen) atoms. The van der Waals surface area contributed by atoms with Crippen LogP contribution in [0.4, 0.5) is 0 Å². The van der Waals surface area contributed by atoms with Crippen LogP contribution in [0.15, 0.2) is 38.9 Å². The van der Waals surface area contributed by atoms with Crippen LogP contribution in [0.2, 0.25) is 0 Å². The molecule has 3 aliphatic rings. The second-order valence-electron chi connectivity index (χ2n) is 8.03. The van der Waals surface area contributed by atoms with Crippen molar-refractivity contribution in [3.05, 3.63) is 55.6 Å². The van der Waals surface area contributed by atoms with E-state index in [1.807, 2.05) is 7.05 Å². The lowest BCUT2D eigenvalue weighted by Gasteiger charge is -2.39. The van der Waals surface area contributed by atoms with Gasteiger partial charge in [-0.25, -0.2) is 0 Å². The summed E-state index contributed by atoms with van der Waals surface area (Å²) in [6, 6.07) is 5.14. The lowest BCUT2D eigenvalue weighted by Crippen LogP contribution is -2.41. The first-order valence-electron chi connectivity index (χ1n) is 10.5. The zero-order valence-corrected chi connectivity index (χ0v) is 20.4. The van der Waals surface area contributed by atoms with Crippen molar-refractivity contribution in [2.24, 2.45) is 5.92 Å². The molecule has 1 aliphatic carbocycles. The van der Waals surface area contributed by atoms with Crippen LogP contribution >= 0.6 is 31.9 Å². The van der Waals surface area contributed by atoms with E-state index in [4.69, 9.17) is 0 Å². The van der Waals surface area contributed by atoms with E-state index in [1.165, 1.54) is 27.4 Å². The summed E-state index contributed by atoms with van der Waals surface area (Å²) >= 11 is 7.57. The Bertz CT molecular complexity index is 734. The van der Waals surface area contributed by atoms with Gasteiger partial charge in [0.15, 0.2) is 0 Å². The van der Waals surface area contributed by atoms with E-state index in [-0.39, 0.29) is 0 Å². The van der Waals surface area contributed by atoms with Gasteiger partial charge in [0.1, 0.15) is 0 Å². The molecule has 3 nitrogen and oxygen atoms in total. The minimum atomic E-state index is 0.426. The molecule has 0 spiro atoms. The summed E-state index contributed by atoms with van der Waals surface area (Å²) in [7, 11) is 1.93. The summed E-state index contributed by atoms with van der Waals surface area (Å²) in [5, 5.41) is 10.2. The number of piperidine rings is 1. The van der Waals surface area contributed by atoms with E-state index in [0.29, 0.717) is 12.0 Å². The molecule has 1 aromatic carbocycles. The zero-order chi connectivity index (χ0) is 20.1. The molecule has 1 fully saturated rings. The highest BCUT2D eigenvalue weighted by molar-refractivity contribution is 9.12. The lowest BCUT2D eigenvalue weighted by molar-refractivity contribution is 0.287. The molecule has 2 heterocycles. The number of aryl methyl sites for hydroxylation is 2. The molecular weight excluding hydrogens is 478 g/mol. The van der Waals surface area contributed by atoms with Crippen LogP contribution in [-0.4, -0.2) is 32.7 Å². The maximum absolute atomic E-state index is 3.92. The Labute approximate surface area is 187 Å². The minimum absolute atomic E-state index is 0.426. The molecule has 2 atom stereocenters. The summed E-state index contributed by atoms with van der Waals surface area (Å²) in [5.41, 5.74) is 6.00. The average Bonchev–Trinajstić information content (AvgIpc) is 2.85. The number of rotatable bonds is 2. The summed E-state index contributed by atoms with van der Waals surface area (Å²) in [4.78, 5) is 0. The molecule has 5 heteroatoms. The first-order valence-corrected chi connectivity index (χ1v) is 12.1. The number of hydrogen-bond acceptors (Lipinski definition) is 3. The quantitative estimate of drug-likeness (QED) is 0.515. The van der Waals surface area contributed by atoms with Crippen LogP contribution in [0, 0.1) is 12.8 Å². The van der Waals surface area contributed by atoms with Gasteiger partial charge < -0.3 is 16.0 Å². The molecule has 1 saturated heterocycles. The smallest absolute Gasteiger partial charge is 0.0543 e. The molecule has 4 rings (SSSR count). The van der Waals surface area contributed by atoms with Gasteiger partial charge in [0.05, 0.1) is 6.04 Å². The number of allylic oxidation sites excluding steroid dienone is 2. The van der Waals surface area contributed by atoms with E-state index >= 15 is 0 Å². The van der Waals surface area contributed by atoms with Crippen molar-refractivity contribution in [2.45, 2.75) is 51.5 Å². The number of halogens is 2. The minimum Gasteiger partial charge on any atom is -0.383 e. The molecule has 0 radical (unpaired) electrons. The summed E-state index contributed by atoms with van der Waals surface area (Å²) < 4.78 is 2.47. The second kappa shape index (κ2) is 10.4. The summed E-state index contributed by atoms with van der Waals surface area (Å²) in [5.74, 6) is 1.27. The fourth-order valence-electron chi connectivity index (χ4n) is 4.71. The van der Waals surface area contributed by atoms with E-state index < -0.39 is 0 Å². The molecule has 1 aromatic rings. The Hall–Kier alpha value is -0.620. The number of nitrogens with one attached hydrogen (secondary N) is 3. The molecule has 3 N–H and O–H groups in total. The van der Waals surface area contributed by atoms with Gasteiger partial charge >= 0.3 is 0 Å². The van der Waals surface area contributed by atoms with Crippen molar-refractivity contribution in [3.8, 4) is 0 Å². The topological polar surface area (TPSA) is 36.1 Å². The lowest BCUT2D eigenvalue weighted by atomic mass is 9.73. The Morgan fingerprint density at radius 2 is 1.86 bits per heavy atom. The van der Waals surface area contributed by atoms with Gasteiger partial charge in [-0.3, -0.25) is 0 Å². The predicted octanol–water partition coefficient (Wildman–Crippen LogP) is 5.15. The van der Waals surface area contributed by atoms with Gasteiger partial charge in [0, 0.05) is 21.1 Å². The molecule has 0 bridgehead atoms. The van der Waals surface area contributed by atoms with Gasteiger partial charge in [0.2, 0.25) is 0 Å². The first-order chi connectivity index (χ1) is 13.5. The van der Waals surface area contributed by atoms with Crippen molar-refractivity contribution < 1.29 is 0 Å². The predicted molar refractivity (Wildman–Crippen MR) is 127 cm³/mol. The number of hydrogen-bond donors (Lipinski definition) is 3. The van der Waals surface area contributed by atoms with Gasteiger partial charge in [-0.2, -0.15) is 0 Å². The van der Waals surface area contributed by atoms with Crippen LogP contribution in [0.3, 0.4) is 0 Å². The van der Waals surface area contributed by atoms with E-state index in [9.17, 15) is 0 Å². The Balaban J connectivity index is 0.000000516. The van der Waals surface area contributed by atoms with E-state index in [1.54, 1.807) is 16.7 Å². The highest BCUT2D eigenvalue weighted by Crippen LogP contribution is 2.46. The molecule has 2 aliphatic heterocycles. The highest BCUT2D eigenvalue weighted by atomic mass is 79.9. The summed E-state index contributed by atoms with van der Waals surface area (Å²) in [6.45, 7) is 7.63. The van der Waals surface area contributed by atoms with Crippen LogP contribution in [0.1, 0.15) is 48.8 Å². The third kappa shape index (κ3) is 5.10. The van der Waals surface area contributed by atoms with Crippen molar-refractivity contribution in [1.29, 1.82) is 0 Å². The number of fused-ring (bicyclic) bond motifs is 2. The zero-order valence-electron chi connectivity index (χ0n) is 17.2. The van der Waals surface area contributed by atoms with Gasteiger partial charge in [-0.05, 0) is 116 Å². The molecule has 0 aromatic heterocycles. The third-order valence-corrected chi connectivity index (χ3v) is 7.22. The van der Waals surface area contributed by atoms with Crippen molar-refractivity contribution in [2.75, 3.05) is 26.7 Å². The number of benzene rings is 1. The van der Waals surface area contributed by atoms with Crippen LogP contribution < -0.4 is 16.0 Å². The highest BCUT2D eigenvalue weighted by Gasteiger charge is 2.38. The maximum Gasteiger partial charge on any atom is 0.0543 e. The van der Waals surface area contributed by atoms with Gasteiger partial charge in [0.25, 0.3) is 0 Å². The Kier molecular flexibility index (Phi) is 8.22. The summed E-state index contributed by atoms with van der Waals surface area (Å²) in [6.07, 6.45) is 9.30. The first kappa shape index (κ1) is 22.1. The van der Waals surface area contributed by atoms with E-state index in [0.717, 1.165) is 38.4 Å². The molecule has 1 unspecified atom stereocenters. The van der Waals surface area contributed by atoms with Crippen molar-refractivity contribution in [1.82, 2.24) is 16.0 Å². The maximum atomic E-state index is 3.92. The third-order valence-electron chi connectivity index (χ3n) is 6.10. The number of dihydropyridines is 1. The van der Waals surface area contributed by atoms with Crippen LogP contribution in [-0.2, 0) is 6.42 Å². The van der Waals surface area contributed by atoms with E-state index in [2.05, 4.69) is 86.1 Å². The van der Waals surface area contributed by atoms with Gasteiger partial charge in [-0.1, -0.05) is 28.9 Å². The molecule has 0 saturated carbocycles. The monoisotopic (exact) mass is 509 g/mol. The average molecular weight is 511 g/mol. The normalized spacial score (nSPS) is 24.5. The SMILES string of the molecule is CCNC.Cc1cc(Br)c2c(c1)CCC1=CC(Br)=CNC1[C@@H]2C1CCNCC1.